The van der Waals surface area contributed by atoms with E-state index >= 15 is 14.4 Å². The fraction of sp³-hybridized carbons (Fsp3) is 0.461. The molecule has 1 aliphatic rings. The Morgan fingerprint density at radius 3 is 1.36 bits per heavy atom. The fourth-order valence-electron chi connectivity index (χ4n) is 11.9. The summed E-state index contributed by atoms with van der Waals surface area (Å²) >= 11 is 0. The molecule has 116 heavy (non-hydrogen) atoms. The van der Waals surface area contributed by atoms with Crippen LogP contribution in [-0.2, 0) is 97.6 Å². The quantitative estimate of drug-likeness (QED) is 0.0182. The van der Waals surface area contributed by atoms with Crippen molar-refractivity contribution in [1.82, 2.24) is 74.1 Å². The van der Waals surface area contributed by atoms with Gasteiger partial charge in [-0.2, -0.15) is 0 Å². The Bertz CT molecular complexity index is 4150. The number of nitrogens with two attached hydrogens (primary N) is 4. The molecule has 38 nitrogen and oxygen atoms in total. The van der Waals surface area contributed by atoms with Gasteiger partial charge in [0.15, 0.2) is 0 Å². The molecule has 40 heteroatoms. The van der Waals surface area contributed by atoms with Crippen molar-refractivity contribution in [2.75, 3.05) is 37.7 Å². The largest absolute Gasteiger partial charge is 0.508 e. The summed E-state index contributed by atoms with van der Waals surface area (Å²) in [4.78, 5) is 217. The number of carboxylic acids is 1. The number of carbonyl (C=O) groups is 15. The first-order valence-corrected chi connectivity index (χ1v) is 40.0. The van der Waals surface area contributed by atoms with Gasteiger partial charge in [-0.25, -0.2) is 4.79 Å². The number of H-pyrrole nitrogens is 1. The molecule has 2 heterocycles. The number of carboxylic acid groups (broad SMARTS) is 1. The number of rotatable bonds is 26. The Kier molecular flexibility index (Phi) is 38.4. The lowest BCUT2D eigenvalue weighted by Gasteiger charge is -2.29. The number of primary amides is 1. The molecule has 5 aromatic rings. The summed E-state index contributed by atoms with van der Waals surface area (Å²) in [5.41, 5.74) is 25.3. The lowest BCUT2D eigenvalue weighted by molar-refractivity contribution is -0.142. The molecule has 0 saturated carbocycles. The first kappa shape index (κ1) is 93.6. The highest BCUT2D eigenvalue weighted by molar-refractivity contribution is 8.76. The van der Waals surface area contributed by atoms with Crippen LogP contribution >= 0.6 is 21.6 Å². The zero-order valence-electron chi connectivity index (χ0n) is 64.1. The number of hydrogen-bond donors (Lipinski definition) is 23. The summed E-state index contributed by atoms with van der Waals surface area (Å²) in [5, 5.41) is 86.0. The normalized spacial score (nSPS) is 23.6. The highest BCUT2D eigenvalue weighted by Gasteiger charge is 2.40. The molecule has 0 spiro atoms. The molecule has 1 saturated heterocycles. The van der Waals surface area contributed by atoms with Gasteiger partial charge in [-0.05, 0) is 119 Å². The van der Waals surface area contributed by atoms with Crippen LogP contribution in [0.15, 0.2) is 115 Å². The second-order valence-electron chi connectivity index (χ2n) is 27.8. The Balaban J connectivity index is 1.47. The number of aromatic amines is 1. The van der Waals surface area contributed by atoms with Gasteiger partial charge < -0.3 is 123 Å². The van der Waals surface area contributed by atoms with Crippen LogP contribution in [0.25, 0.3) is 10.9 Å². The van der Waals surface area contributed by atoms with Crippen molar-refractivity contribution in [3.63, 3.8) is 0 Å². The van der Waals surface area contributed by atoms with Gasteiger partial charge in [-0.1, -0.05) is 113 Å². The topological polar surface area (TPSA) is 633 Å². The number of carbonyl (C=O) groups excluding carboxylic acids is 14. The lowest BCUT2D eigenvalue weighted by atomic mass is 10.0. The first-order valence-electron chi connectivity index (χ1n) is 37.5. The Labute approximate surface area is 675 Å². The third kappa shape index (κ3) is 30.8. The van der Waals surface area contributed by atoms with Gasteiger partial charge in [0.2, 0.25) is 82.7 Å². The molecule has 4 aromatic carbocycles. The van der Waals surface area contributed by atoms with E-state index in [4.69, 9.17) is 22.9 Å². The average Bonchev–Trinajstić information content (AvgIpc) is 1.68. The minimum Gasteiger partial charge on any atom is -0.508 e. The fourth-order valence-corrected chi connectivity index (χ4v) is 14.2. The molecule has 1 aliphatic heterocycles. The van der Waals surface area contributed by atoms with Gasteiger partial charge in [-0.3, -0.25) is 67.1 Å². The number of hydrogen-bond acceptors (Lipinski definition) is 24. The second-order valence-corrected chi connectivity index (χ2v) is 30.3. The van der Waals surface area contributed by atoms with E-state index in [2.05, 4.69) is 74.1 Å². The average molecular weight is 1650 g/mol. The third-order valence-corrected chi connectivity index (χ3v) is 20.7. The predicted molar refractivity (Wildman–Crippen MR) is 427 cm³/mol. The van der Waals surface area contributed by atoms with Crippen LogP contribution in [0.4, 0.5) is 0 Å². The lowest BCUT2D eigenvalue weighted by Crippen LogP contribution is -2.63. The number of aromatic hydroxyl groups is 1. The Hall–Kier alpha value is -11.3. The number of benzene rings is 4. The van der Waals surface area contributed by atoms with Crippen molar-refractivity contribution in [1.29, 1.82) is 0 Å². The number of aliphatic hydroxyl groups is 3. The highest BCUT2D eigenvalue weighted by Crippen LogP contribution is 2.24. The monoisotopic (exact) mass is 1650 g/mol. The van der Waals surface area contributed by atoms with Crippen molar-refractivity contribution >= 4 is 121 Å². The molecular formula is C76H104N18O20S2. The number of fused-ring (bicyclic) bond motifs is 1. The van der Waals surface area contributed by atoms with Crippen LogP contribution in [0.1, 0.15) is 88.1 Å². The van der Waals surface area contributed by atoms with Crippen molar-refractivity contribution < 1.29 is 97.5 Å². The molecule has 1 aromatic heterocycles. The number of aliphatic carboxylic acids is 1. The molecule has 14 amide bonds. The zero-order chi connectivity index (χ0) is 85.1. The van der Waals surface area contributed by atoms with Crippen LogP contribution in [0.5, 0.6) is 5.75 Å². The smallest absolute Gasteiger partial charge is 0.327 e. The number of nitrogens with one attached hydrogen (secondary N) is 14. The van der Waals surface area contributed by atoms with Crippen LogP contribution in [0, 0.1) is 0 Å². The standard InChI is InChI=1S/C76H104N18O20S2/c1-40(79)64(101)81-36-61(100)83-58-38-115-116-39-59(76(113)114)92-72(109)57(37-95)91-75(112)63(42(3)97)94-71(108)54(32-45-24-26-48(98)27-25-45)90-74(111)62(41(2)96)93-66(103)51(23-13-15-29-78)84-69(106)55(34-47-33-46-20-10-11-21-49(46)82-47)88-68(105)53(31-44-18-8-5-9-19-44)86-67(104)52(30-43-16-6-4-7-17-43)87-70(107)56(35-60(80)99)89-65(102)50(85-73(58)110)22-12-14-28-77/h4-11,16-21,24-27,33,40-42,50-59,62-63,82,95-98H,12-15,22-23,28-32,34-39,77-79H2,1-3H3,(H2,80,99)(H,81,101)(H,83,100)(H,84,106)(H,85,110)(H,86,104)(H,87,107)(H,88,105)(H,89,102)(H,90,111)(H,91,112)(H,92,109)(H,93,103)(H,94,108)(H,113,114)/t40-,41+,42+,50-,51+,52?,53-,54+,55-,56?,57-,58+,59-,62?,63?/m0/s1. The van der Waals surface area contributed by atoms with Crippen molar-refractivity contribution in [3.05, 3.63) is 138 Å². The maximum atomic E-state index is 15.4. The summed E-state index contributed by atoms with van der Waals surface area (Å²) in [6, 6.07) is 8.13. The molecule has 27 N–H and O–H groups in total. The number of aromatic nitrogens is 1. The summed E-state index contributed by atoms with van der Waals surface area (Å²) in [7, 11) is 1.47. The van der Waals surface area contributed by atoms with E-state index in [1.54, 1.807) is 91.0 Å². The van der Waals surface area contributed by atoms with E-state index in [9.17, 15) is 83.1 Å². The number of aliphatic hydroxyl groups excluding tert-OH is 3. The van der Waals surface area contributed by atoms with Gasteiger partial charge in [0.25, 0.3) is 0 Å². The van der Waals surface area contributed by atoms with Gasteiger partial charge in [0.05, 0.1) is 37.8 Å². The molecular weight excluding hydrogens is 1550 g/mol. The Morgan fingerprint density at radius 1 is 0.483 bits per heavy atom. The molecule has 0 bridgehead atoms. The van der Waals surface area contributed by atoms with E-state index in [1.807, 2.05) is 0 Å². The summed E-state index contributed by atoms with van der Waals surface area (Å²) in [5.74, 6) is -18.3. The van der Waals surface area contributed by atoms with Crippen LogP contribution in [0.2, 0.25) is 0 Å². The molecule has 0 aliphatic carbocycles. The summed E-state index contributed by atoms with van der Waals surface area (Å²) < 4.78 is 0. The van der Waals surface area contributed by atoms with E-state index < -0.39 is 217 Å². The highest BCUT2D eigenvalue weighted by atomic mass is 33.1. The second kappa shape index (κ2) is 47.6. The zero-order valence-corrected chi connectivity index (χ0v) is 65.8. The predicted octanol–water partition coefficient (Wildman–Crippen LogP) is -5.21. The SMILES string of the molecule is C[C@H](N)C(=O)NCC(=O)N[C@@H]1CSSC[C@@H](C(=O)O)NC(=O)[C@H](CO)NC(=O)C([C@@H](C)O)NC(=O)[C@@H](Cc2ccc(O)cc2)NC(=O)C([C@@H](C)O)NC(=O)[C@@H](CCCCN)NC(=O)[C@H](Cc2cc3ccccc3[nH]2)NC(=O)[C@H](Cc2ccccc2)NC(=O)C(Cc2ccccc2)NC(=O)C(CC(N)=O)NC(=O)[C@H](CCCCN)NC1=O. The van der Waals surface area contributed by atoms with Crippen LogP contribution in [0.3, 0.4) is 0 Å². The third-order valence-electron chi connectivity index (χ3n) is 18.3. The van der Waals surface area contributed by atoms with Gasteiger partial charge >= 0.3 is 5.97 Å². The van der Waals surface area contributed by atoms with Crippen molar-refractivity contribution in [2.24, 2.45) is 22.9 Å². The number of amides is 14. The maximum Gasteiger partial charge on any atom is 0.327 e. The first-order chi connectivity index (χ1) is 55.3. The van der Waals surface area contributed by atoms with E-state index in [0.29, 0.717) is 44.9 Å². The summed E-state index contributed by atoms with van der Waals surface area (Å²) in [6.07, 6.45) is -5.40. The van der Waals surface area contributed by atoms with E-state index in [-0.39, 0.29) is 75.8 Å². The molecule has 1 fully saturated rings. The van der Waals surface area contributed by atoms with E-state index in [0.717, 1.165) is 24.6 Å². The molecule has 4 unspecified atom stereocenters. The van der Waals surface area contributed by atoms with Crippen molar-refractivity contribution in [3.8, 4) is 5.75 Å². The summed E-state index contributed by atoms with van der Waals surface area (Å²) in [6.45, 7) is 1.77. The van der Waals surface area contributed by atoms with Gasteiger partial charge in [0, 0.05) is 48.4 Å². The number of para-hydroxylation sites is 1. The van der Waals surface area contributed by atoms with E-state index in [1.165, 1.54) is 31.2 Å². The van der Waals surface area contributed by atoms with Crippen LogP contribution in [-0.4, -0.2) is 248 Å². The van der Waals surface area contributed by atoms with Crippen molar-refractivity contribution in [2.45, 2.75) is 182 Å². The van der Waals surface area contributed by atoms with Gasteiger partial charge in [0.1, 0.15) is 78.3 Å². The number of phenolic OH excluding ortho intramolecular Hbond substituents is 1. The number of unbranched alkanes of at least 4 members (excludes halogenated alkanes) is 2. The number of phenols is 1. The Morgan fingerprint density at radius 2 is 0.888 bits per heavy atom. The minimum absolute atomic E-state index is 0.0986. The van der Waals surface area contributed by atoms with Gasteiger partial charge in [-0.15, -0.1) is 0 Å². The molecule has 630 valence electrons. The minimum atomic E-state index is -2.03. The maximum absolute atomic E-state index is 15.4. The molecule has 6 rings (SSSR count). The van der Waals surface area contributed by atoms with Crippen LogP contribution < -0.4 is 92.1 Å². The molecule has 15 atom stereocenters. The molecule has 0 radical (unpaired) electrons.